The zero-order chi connectivity index (χ0) is 17.5. The Balaban J connectivity index is 1.62. The van der Waals surface area contributed by atoms with Crippen LogP contribution in [0.2, 0.25) is 0 Å². The average Bonchev–Trinajstić information content (AvgIpc) is 2.68. The number of rotatable bonds is 4. The minimum Gasteiger partial charge on any atom is -0.410 e. The number of hydrogen-bond donors (Lipinski definition) is 0. The summed E-state index contributed by atoms with van der Waals surface area (Å²) < 4.78 is 5.41. The van der Waals surface area contributed by atoms with Crippen molar-refractivity contribution in [3.05, 3.63) is 96.1 Å². The van der Waals surface area contributed by atoms with Gasteiger partial charge in [-0.15, -0.1) is 0 Å². The number of carbonyl (C=O) groups is 1. The average molecular weight is 329 g/mol. The zero-order valence-electron chi connectivity index (χ0n) is 14.0. The van der Waals surface area contributed by atoms with Gasteiger partial charge in [-0.2, -0.15) is 0 Å². The number of amides is 1. The molecule has 0 spiro atoms. The third-order valence-electron chi connectivity index (χ3n) is 3.77. The van der Waals surface area contributed by atoms with Gasteiger partial charge in [-0.3, -0.25) is 4.90 Å². The molecule has 0 heterocycles. The van der Waals surface area contributed by atoms with E-state index >= 15 is 0 Å². The first-order valence-electron chi connectivity index (χ1n) is 8.06. The third kappa shape index (κ3) is 4.58. The molecule has 0 saturated carbocycles. The molecule has 0 aliphatic rings. The van der Waals surface area contributed by atoms with Gasteiger partial charge in [0.1, 0.15) is 5.75 Å². The van der Waals surface area contributed by atoms with Crippen molar-refractivity contribution < 1.29 is 9.53 Å². The molecule has 0 N–H and O–H groups in total. The van der Waals surface area contributed by atoms with E-state index in [1.807, 2.05) is 84.9 Å². The van der Waals surface area contributed by atoms with Crippen LogP contribution in [0, 0.1) is 0 Å². The Morgan fingerprint density at radius 2 is 1.28 bits per heavy atom. The second kappa shape index (κ2) is 7.97. The van der Waals surface area contributed by atoms with Gasteiger partial charge in [-0.05, 0) is 35.4 Å². The Morgan fingerprint density at radius 1 is 0.760 bits per heavy atom. The van der Waals surface area contributed by atoms with Crippen molar-refractivity contribution in [2.24, 2.45) is 0 Å². The second-order valence-corrected chi connectivity index (χ2v) is 5.58. The molecule has 0 aromatic heterocycles. The first kappa shape index (κ1) is 16.5. The molecule has 3 rings (SSSR count). The lowest BCUT2D eigenvalue weighted by Gasteiger charge is -2.16. The molecule has 0 aliphatic heterocycles. The summed E-state index contributed by atoms with van der Waals surface area (Å²) in [6, 6.07) is 26.9. The van der Waals surface area contributed by atoms with Crippen LogP contribution >= 0.6 is 0 Å². The van der Waals surface area contributed by atoms with E-state index in [0.29, 0.717) is 5.75 Å². The maximum absolute atomic E-state index is 12.2. The van der Waals surface area contributed by atoms with Crippen LogP contribution in [-0.4, -0.2) is 13.1 Å². The zero-order valence-corrected chi connectivity index (χ0v) is 14.0. The lowest BCUT2D eigenvalue weighted by atomic mass is 10.1. The van der Waals surface area contributed by atoms with Crippen molar-refractivity contribution in [2.45, 2.75) is 0 Å². The fraction of sp³-hybridized carbons (Fsp3) is 0.0455. The highest BCUT2D eigenvalue weighted by Gasteiger charge is 2.12. The lowest BCUT2D eigenvalue weighted by Crippen LogP contribution is -2.29. The van der Waals surface area contributed by atoms with Crippen molar-refractivity contribution >= 4 is 23.9 Å². The van der Waals surface area contributed by atoms with Gasteiger partial charge in [-0.25, -0.2) is 4.79 Å². The van der Waals surface area contributed by atoms with Crippen LogP contribution in [0.15, 0.2) is 84.9 Å². The summed E-state index contributed by atoms with van der Waals surface area (Å²) in [5.41, 5.74) is 2.97. The van der Waals surface area contributed by atoms with Gasteiger partial charge in [0.15, 0.2) is 0 Å². The summed E-state index contributed by atoms with van der Waals surface area (Å²) in [5.74, 6) is 0.518. The maximum Gasteiger partial charge on any atom is 0.419 e. The number of benzene rings is 3. The molecule has 0 unspecified atom stereocenters. The normalized spacial score (nSPS) is 10.6. The van der Waals surface area contributed by atoms with Gasteiger partial charge in [0.05, 0.1) is 0 Å². The topological polar surface area (TPSA) is 29.5 Å². The van der Waals surface area contributed by atoms with Crippen LogP contribution < -0.4 is 9.64 Å². The fourth-order valence-electron chi connectivity index (χ4n) is 2.33. The van der Waals surface area contributed by atoms with Crippen molar-refractivity contribution in [3.8, 4) is 5.75 Å². The van der Waals surface area contributed by atoms with E-state index in [1.165, 1.54) is 4.90 Å². The minimum atomic E-state index is -0.418. The van der Waals surface area contributed by atoms with Crippen molar-refractivity contribution in [1.29, 1.82) is 0 Å². The molecule has 124 valence electrons. The summed E-state index contributed by atoms with van der Waals surface area (Å²) in [7, 11) is 1.69. The number of carbonyl (C=O) groups excluding carboxylic acids is 1. The number of ether oxygens (including phenoxy) is 1. The Bertz CT molecular complexity index is 840. The summed E-state index contributed by atoms with van der Waals surface area (Å²) >= 11 is 0. The Labute approximate surface area is 147 Å². The maximum atomic E-state index is 12.2. The van der Waals surface area contributed by atoms with E-state index in [-0.39, 0.29) is 0 Å². The molecule has 0 fully saturated rings. The monoisotopic (exact) mass is 329 g/mol. The van der Waals surface area contributed by atoms with Gasteiger partial charge >= 0.3 is 6.09 Å². The van der Waals surface area contributed by atoms with E-state index in [2.05, 4.69) is 0 Å². The molecule has 0 bridgehead atoms. The van der Waals surface area contributed by atoms with Gasteiger partial charge in [-0.1, -0.05) is 72.8 Å². The van der Waals surface area contributed by atoms with Crippen LogP contribution in [0.1, 0.15) is 11.1 Å². The predicted octanol–water partition coefficient (Wildman–Crippen LogP) is 5.49. The first-order chi connectivity index (χ1) is 12.2. The summed E-state index contributed by atoms with van der Waals surface area (Å²) in [4.78, 5) is 13.7. The SMILES string of the molecule is CN(C(=O)Oc1ccc(/C=C/c2ccccc2)cc1)c1ccccc1. The molecule has 3 heteroatoms. The molecule has 0 saturated heterocycles. The van der Waals surface area contributed by atoms with Crippen LogP contribution in [0.5, 0.6) is 5.75 Å². The second-order valence-electron chi connectivity index (χ2n) is 5.58. The van der Waals surface area contributed by atoms with E-state index in [9.17, 15) is 4.79 Å². The Hall–Kier alpha value is -3.33. The van der Waals surface area contributed by atoms with E-state index in [0.717, 1.165) is 16.8 Å². The van der Waals surface area contributed by atoms with Crippen LogP contribution in [0.4, 0.5) is 10.5 Å². The van der Waals surface area contributed by atoms with Crippen molar-refractivity contribution in [3.63, 3.8) is 0 Å². The highest BCUT2D eigenvalue weighted by molar-refractivity contribution is 5.88. The molecule has 1 amide bonds. The molecular formula is C22H19NO2. The van der Waals surface area contributed by atoms with E-state index in [1.54, 1.807) is 19.2 Å². The first-order valence-corrected chi connectivity index (χ1v) is 8.06. The van der Waals surface area contributed by atoms with E-state index < -0.39 is 6.09 Å². The standard InChI is InChI=1S/C22H19NO2/c1-23(20-10-6-3-7-11-20)22(24)25-21-16-14-19(15-17-21)13-12-18-8-4-2-5-9-18/h2-17H,1H3/b13-12+. The number of anilines is 1. The molecular weight excluding hydrogens is 310 g/mol. The van der Waals surface area contributed by atoms with Gasteiger partial charge in [0.25, 0.3) is 0 Å². The minimum absolute atomic E-state index is 0.418. The van der Waals surface area contributed by atoms with Gasteiger partial charge < -0.3 is 4.74 Å². The quantitative estimate of drug-likeness (QED) is 0.592. The van der Waals surface area contributed by atoms with Crippen LogP contribution in [0.25, 0.3) is 12.2 Å². The molecule has 25 heavy (non-hydrogen) atoms. The highest BCUT2D eigenvalue weighted by atomic mass is 16.6. The molecule has 0 aliphatic carbocycles. The smallest absolute Gasteiger partial charge is 0.410 e. The molecule has 3 aromatic carbocycles. The highest BCUT2D eigenvalue weighted by Crippen LogP contribution is 2.17. The molecule has 0 radical (unpaired) electrons. The Kier molecular flexibility index (Phi) is 5.27. The Morgan fingerprint density at radius 3 is 1.88 bits per heavy atom. The molecule has 3 aromatic rings. The van der Waals surface area contributed by atoms with Gasteiger partial charge in [0.2, 0.25) is 0 Å². The largest absolute Gasteiger partial charge is 0.419 e. The summed E-state index contributed by atoms with van der Waals surface area (Å²) in [6.07, 6.45) is 3.65. The third-order valence-corrected chi connectivity index (χ3v) is 3.77. The molecule has 0 atom stereocenters. The number of nitrogens with zero attached hydrogens (tertiary/aromatic N) is 1. The number of hydrogen-bond acceptors (Lipinski definition) is 2. The lowest BCUT2D eigenvalue weighted by molar-refractivity contribution is 0.209. The van der Waals surface area contributed by atoms with Crippen LogP contribution in [0.3, 0.4) is 0 Å². The van der Waals surface area contributed by atoms with Crippen molar-refractivity contribution in [2.75, 3.05) is 11.9 Å². The number of para-hydroxylation sites is 1. The summed E-state index contributed by atoms with van der Waals surface area (Å²) in [6.45, 7) is 0. The predicted molar refractivity (Wildman–Crippen MR) is 103 cm³/mol. The summed E-state index contributed by atoms with van der Waals surface area (Å²) in [5, 5.41) is 0. The van der Waals surface area contributed by atoms with Gasteiger partial charge in [0, 0.05) is 12.7 Å². The fourth-order valence-corrected chi connectivity index (χ4v) is 2.33. The van der Waals surface area contributed by atoms with Crippen molar-refractivity contribution in [1.82, 2.24) is 0 Å². The molecule has 3 nitrogen and oxygen atoms in total. The van der Waals surface area contributed by atoms with Crippen LogP contribution in [-0.2, 0) is 0 Å². The van der Waals surface area contributed by atoms with E-state index in [4.69, 9.17) is 4.74 Å².